The Morgan fingerprint density at radius 2 is 2.00 bits per heavy atom. The van der Waals surface area contributed by atoms with E-state index in [9.17, 15) is 14.4 Å². The summed E-state index contributed by atoms with van der Waals surface area (Å²) >= 11 is 0. The standard InChI is InChI=1S/C16H22N2O4/c1-16(2,3)17-14(20)13(19)12-7-5-6-11-10(15(21)22-4)8-9-18(11)12/h8-9,12H,5-7H2,1-4H3,(H,17,20). The average molecular weight is 306 g/mol. The number of nitrogens with zero attached hydrogens (tertiary/aromatic N) is 1. The van der Waals surface area contributed by atoms with Gasteiger partial charge in [0.05, 0.1) is 12.7 Å². The Labute approximate surface area is 129 Å². The first kappa shape index (κ1) is 16.3. The van der Waals surface area contributed by atoms with Crippen LogP contribution in [0.2, 0.25) is 0 Å². The van der Waals surface area contributed by atoms with Gasteiger partial charge in [0.15, 0.2) is 0 Å². The van der Waals surface area contributed by atoms with Crippen LogP contribution in [0.5, 0.6) is 0 Å². The summed E-state index contributed by atoms with van der Waals surface area (Å²) < 4.78 is 6.49. The fourth-order valence-corrected chi connectivity index (χ4v) is 2.74. The van der Waals surface area contributed by atoms with Crippen LogP contribution in [0.25, 0.3) is 0 Å². The number of aromatic nitrogens is 1. The lowest BCUT2D eigenvalue weighted by molar-refractivity contribution is -0.141. The van der Waals surface area contributed by atoms with Crippen molar-refractivity contribution < 1.29 is 19.1 Å². The molecule has 1 aliphatic heterocycles. The molecule has 0 aromatic carbocycles. The summed E-state index contributed by atoms with van der Waals surface area (Å²) in [6.45, 7) is 5.49. The minimum absolute atomic E-state index is 0.416. The first-order valence-corrected chi connectivity index (χ1v) is 7.39. The zero-order chi connectivity index (χ0) is 16.5. The molecule has 6 heteroatoms. The van der Waals surface area contributed by atoms with Crippen LogP contribution in [0.15, 0.2) is 12.3 Å². The van der Waals surface area contributed by atoms with Crippen LogP contribution in [0, 0.1) is 0 Å². The second-order valence-corrected chi connectivity index (χ2v) is 6.55. The minimum Gasteiger partial charge on any atom is -0.465 e. The molecule has 0 spiro atoms. The Morgan fingerprint density at radius 3 is 2.59 bits per heavy atom. The number of rotatable bonds is 3. The summed E-state index contributed by atoms with van der Waals surface area (Å²) in [6.07, 6.45) is 3.74. The number of carbonyl (C=O) groups is 3. The van der Waals surface area contributed by atoms with Gasteiger partial charge in [-0.1, -0.05) is 0 Å². The summed E-state index contributed by atoms with van der Waals surface area (Å²) in [7, 11) is 1.33. The number of carbonyl (C=O) groups excluding carboxylic acids is 3. The van der Waals surface area contributed by atoms with Gasteiger partial charge in [-0.2, -0.15) is 0 Å². The summed E-state index contributed by atoms with van der Waals surface area (Å²) in [5.74, 6) is -1.47. The normalized spacial score (nSPS) is 17.5. The molecule has 0 fully saturated rings. The molecule has 1 aromatic heterocycles. The zero-order valence-electron chi connectivity index (χ0n) is 13.4. The van der Waals surface area contributed by atoms with Gasteiger partial charge < -0.3 is 14.6 Å². The van der Waals surface area contributed by atoms with Gasteiger partial charge in [0.2, 0.25) is 5.78 Å². The van der Waals surface area contributed by atoms with Crippen LogP contribution in [-0.4, -0.2) is 34.9 Å². The number of hydrogen-bond acceptors (Lipinski definition) is 4. The van der Waals surface area contributed by atoms with E-state index in [0.29, 0.717) is 18.4 Å². The number of methoxy groups -OCH3 is 1. The van der Waals surface area contributed by atoms with Crippen molar-refractivity contribution >= 4 is 17.7 Å². The summed E-state index contributed by atoms with van der Waals surface area (Å²) in [6, 6.07) is 1.10. The number of esters is 1. The molecule has 1 aromatic rings. The van der Waals surface area contributed by atoms with E-state index >= 15 is 0 Å². The lowest BCUT2D eigenvalue weighted by Crippen LogP contribution is -2.46. The lowest BCUT2D eigenvalue weighted by Gasteiger charge is -2.27. The Balaban J connectivity index is 2.26. The highest BCUT2D eigenvalue weighted by molar-refractivity contribution is 6.37. The number of ketones is 1. The Hall–Kier alpha value is -2.11. The van der Waals surface area contributed by atoms with Crippen LogP contribution in [0.3, 0.4) is 0 Å². The molecule has 0 radical (unpaired) electrons. The van der Waals surface area contributed by atoms with Crippen molar-refractivity contribution in [3.05, 3.63) is 23.5 Å². The number of hydrogen-bond donors (Lipinski definition) is 1. The molecule has 1 aliphatic rings. The number of ether oxygens (including phenoxy) is 1. The third-order valence-corrected chi connectivity index (χ3v) is 3.67. The van der Waals surface area contributed by atoms with E-state index in [4.69, 9.17) is 4.74 Å². The second kappa shape index (κ2) is 5.94. The van der Waals surface area contributed by atoms with Gasteiger partial charge in [-0.3, -0.25) is 9.59 Å². The van der Waals surface area contributed by atoms with Crippen LogP contribution in [0.1, 0.15) is 55.7 Å². The average Bonchev–Trinajstić information content (AvgIpc) is 2.87. The van der Waals surface area contributed by atoms with Gasteiger partial charge >= 0.3 is 5.97 Å². The highest BCUT2D eigenvalue weighted by Gasteiger charge is 2.33. The maximum Gasteiger partial charge on any atom is 0.339 e. The van der Waals surface area contributed by atoms with Crippen LogP contribution in [0.4, 0.5) is 0 Å². The number of amides is 1. The third-order valence-electron chi connectivity index (χ3n) is 3.67. The second-order valence-electron chi connectivity index (χ2n) is 6.55. The fourth-order valence-electron chi connectivity index (χ4n) is 2.74. The lowest BCUT2D eigenvalue weighted by atomic mass is 9.97. The molecule has 2 heterocycles. The molecule has 1 amide bonds. The predicted molar refractivity (Wildman–Crippen MR) is 80.6 cm³/mol. The Kier molecular flexibility index (Phi) is 4.39. The van der Waals surface area contributed by atoms with Crippen molar-refractivity contribution in [2.75, 3.05) is 7.11 Å². The van der Waals surface area contributed by atoms with E-state index in [1.54, 1.807) is 16.8 Å². The smallest absolute Gasteiger partial charge is 0.339 e. The number of Topliss-reactive ketones (excluding diaryl/α,β-unsaturated/α-hetero) is 1. The van der Waals surface area contributed by atoms with E-state index < -0.39 is 29.2 Å². The van der Waals surface area contributed by atoms with Gasteiger partial charge in [-0.15, -0.1) is 0 Å². The van der Waals surface area contributed by atoms with Crippen molar-refractivity contribution in [3.63, 3.8) is 0 Å². The molecule has 0 bridgehead atoms. The van der Waals surface area contributed by atoms with Crippen LogP contribution in [-0.2, 0) is 20.7 Å². The van der Waals surface area contributed by atoms with E-state index in [1.807, 2.05) is 20.8 Å². The van der Waals surface area contributed by atoms with Crippen molar-refractivity contribution in [3.8, 4) is 0 Å². The summed E-state index contributed by atoms with van der Waals surface area (Å²) in [4.78, 5) is 36.3. The highest BCUT2D eigenvalue weighted by Crippen LogP contribution is 2.29. The molecule has 120 valence electrons. The Bertz CT molecular complexity index is 610. The molecule has 1 N–H and O–H groups in total. The van der Waals surface area contributed by atoms with Gasteiger partial charge in [-0.25, -0.2) is 4.79 Å². The van der Waals surface area contributed by atoms with Crippen molar-refractivity contribution in [1.82, 2.24) is 9.88 Å². The predicted octanol–water partition coefficient (Wildman–Crippen LogP) is 1.64. The van der Waals surface area contributed by atoms with Gasteiger partial charge in [-0.05, 0) is 46.1 Å². The molecule has 1 atom stereocenters. The fraction of sp³-hybridized carbons (Fsp3) is 0.562. The highest BCUT2D eigenvalue weighted by atomic mass is 16.5. The van der Waals surface area contributed by atoms with Gasteiger partial charge in [0, 0.05) is 17.4 Å². The monoisotopic (exact) mass is 306 g/mol. The molecular formula is C16H22N2O4. The zero-order valence-corrected chi connectivity index (χ0v) is 13.4. The van der Waals surface area contributed by atoms with Crippen LogP contribution < -0.4 is 5.32 Å². The molecule has 22 heavy (non-hydrogen) atoms. The summed E-state index contributed by atoms with van der Waals surface area (Å²) in [5.41, 5.74) is 0.772. The molecule has 1 unspecified atom stereocenters. The van der Waals surface area contributed by atoms with Gasteiger partial charge in [0.25, 0.3) is 5.91 Å². The Morgan fingerprint density at radius 1 is 1.32 bits per heavy atom. The molecule has 0 saturated heterocycles. The maximum absolute atomic E-state index is 12.4. The molecule has 0 aliphatic carbocycles. The molecule has 2 rings (SSSR count). The maximum atomic E-state index is 12.4. The molecule has 0 saturated carbocycles. The third kappa shape index (κ3) is 3.21. The molecular weight excluding hydrogens is 284 g/mol. The number of nitrogens with one attached hydrogen (secondary N) is 1. The topological polar surface area (TPSA) is 77.4 Å². The van der Waals surface area contributed by atoms with Crippen LogP contribution >= 0.6 is 0 Å². The van der Waals surface area contributed by atoms with E-state index in [0.717, 1.165) is 12.1 Å². The SMILES string of the molecule is COC(=O)c1ccn2c1CCCC2C(=O)C(=O)NC(C)(C)C. The minimum atomic E-state index is -0.585. The van der Waals surface area contributed by atoms with Gasteiger partial charge in [0.1, 0.15) is 6.04 Å². The number of fused-ring (bicyclic) bond motifs is 1. The first-order chi connectivity index (χ1) is 10.2. The van der Waals surface area contributed by atoms with E-state index in [-0.39, 0.29) is 0 Å². The van der Waals surface area contributed by atoms with Crippen molar-refractivity contribution in [2.45, 2.75) is 51.6 Å². The molecule has 6 nitrogen and oxygen atoms in total. The van der Waals surface area contributed by atoms with Crippen molar-refractivity contribution in [2.24, 2.45) is 0 Å². The summed E-state index contributed by atoms with van der Waals surface area (Å²) in [5, 5.41) is 2.69. The quantitative estimate of drug-likeness (QED) is 0.680. The van der Waals surface area contributed by atoms with E-state index in [2.05, 4.69) is 5.32 Å². The van der Waals surface area contributed by atoms with E-state index in [1.165, 1.54) is 7.11 Å². The van der Waals surface area contributed by atoms with Crippen molar-refractivity contribution in [1.29, 1.82) is 0 Å². The first-order valence-electron chi connectivity index (χ1n) is 7.39. The largest absolute Gasteiger partial charge is 0.465 e.